The standard InChI is InChI=1S/C17H29N3O2/c1-12(2)10-20-15(5)16(14(4)18-20)6-7-17(21)19-8-9-22-13(3)11-19/h12-13H,6-11H2,1-5H3. The second-order valence-corrected chi connectivity index (χ2v) is 6.75. The summed E-state index contributed by atoms with van der Waals surface area (Å²) in [6.07, 6.45) is 1.48. The summed E-state index contributed by atoms with van der Waals surface area (Å²) >= 11 is 0. The maximum Gasteiger partial charge on any atom is 0.223 e. The van der Waals surface area contributed by atoms with Gasteiger partial charge in [-0.25, -0.2) is 0 Å². The topological polar surface area (TPSA) is 47.4 Å². The zero-order chi connectivity index (χ0) is 16.3. The van der Waals surface area contributed by atoms with Crippen LogP contribution >= 0.6 is 0 Å². The van der Waals surface area contributed by atoms with Crippen LogP contribution in [0.5, 0.6) is 0 Å². The molecule has 124 valence electrons. The van der Waals surface area contributed by atoms with E-state index in [0.29, 0.717) is 32.0 Å². The van der Waals surface area contributed by atoms with Crippen molar-refractivity contribution in [2.45, 2.75) is 60.1 Å². The van der Waals surface area contributed by atoms with Crippen molar-refractivity contribution in [1.82, 2.24) is 14.7 Å². The van der Waals surface area contributed by atoms with Crippen molar-refractivity contribution < 1.29 is 9.53 Å². The summed E-state index contributed by atoms with van der Waals surface area (Å²) in [5.41, 5.74) is 3.49. The summed E-state index contributed by atoms with van der Waals surface area (Å²) in [7, 11) is 0. The quantitative estimate of drug-likeness (QED) is 0.839. The average Bonchev–Trinajstić information content (AvgIpc) is 2.70. The van der Waals surface area contributed by atoms with Crippen LogP contribution in [0.1, 0.15) is 44.1 Å². The fourth-order valence-corrected chi connectivity index (χ4v) is 3.05. The van der Waals surface area contributed by atoms with Crippen LogP contribution in [-0.4, -0.2) is 46.4 Å². The lowest BCUT2D eigenvalue weighted by Crippen LogP contribution is -2.44. The van der Waals surface area contributed by atoms with Crippen molar-refractivity contribution in [2.75, 3.05) is 19.7 Å². The third kappa shape index (κ3) is 4.09. The Labute approximate surface area is 133 Å². The third-order valence-corrected chi connectivity index (χ3v) is 4.25. The highest BCUT2D eigenvalue weighted by Gasteiger charge is 2.22. The van der Waals surface area contributed by atoms with E-state index in [9.17, 15) is 4.79 Å². The SMILES string of the molecule is Cc1nn(CC(C)C)c(C)c1CCC(=O)N1CCOC(C)C1. The molecule has 0 N–H and O–H groups in total. The molecule has 2 heterocycles. The van der Waals surface area contributed by atoms with Crippen molar-refractivity contribution >= 4 is 5.91 Å². The number of carbonyl (C=O) groups is 1. The molecule has 0 radical (unpaired) electrons. The van der Waals surface area contributed by atoms with Gasteiger partial charge in [0.05, 0.1) is 18.4 Å². The summed E-state index contributed by atoms with van der Waals surface area (Å²) in [6.45, 7) is 13.6. The molecular weight excluding hydrogens is 278 g/mol. The lowest BCUT2D eigenvalue weighted by Gasteiger charge is -2.31. The Morgan fingerprint density at radius 3 is 2.77 bits per heavy atom. The summed E-state index contributed by atoms with van der Waals surface area (Å²) in [5.74, 6) is 0.799. The van der Waals surface area contributed by atoms with Gasteiger partial charge in [0, 0.05) is 31.7 Å². The molecule has 1 aliphatic heterocycles. The van der Waals surface area contributed by atoms with Gasteiger partial charge < -0.3 is 9.64 Å². The van der Waals surface area contributed by atoms with Gasteiger partial charge in [-0.15, -0.1) is 0 Å². The smallest absolute Gasteiger partial charge is 0.223 e. The normalized spacial score (nSPS) is 19.0. The minimum absolute atomic E-state index is 0.148. The van der Waals surface area contributed by atoms with Crippen LogP contribution in [0.3, 0.4) is 0 Å². The number of carbonyl (C=O) groups excluding carboxylic acids is 1. The number of amides is 1. The molecule has 0 saturated carbocycles. The molecule has 1 amide bonds. The molecule has 0 aliphatic carbocycles. The monoisotopic (exact) mass is 307 g/mol. The van der Waals surface area contributed by atoms with Crippen LogP contribution in [0.2, 0.25) is 0 Å². The molecule has 0 spiro atoms. The van der Waals surface area contributed by atoms with Gasteiger partial charge in [0.25, 0.3) is 0 Å². The molecule has 1 saturated heterocycles. The Kier molecular flexibility index (Phi) is 5.62. The van der Waals surface area contributed by atoms with Gasteiger partial charge in [-0.2, -0.15) is 5.10 Å². The summed E-state index contributed by atoms with van der Waals surface area (Å²) in [4.78, 5) is 14.3. The van der Waals surface area contributed by atoms with Gasteiger partial charge in [-0.05, 0) is 38.7 Å². The Morgan fingerprint density at radius 1 is 1.41 bits per heavy atom. The van der Waals surface area contributed by atoms with E-state index in [1.807, 2.05) is 18.7 Å². The van der Waals surface area contributed by atoms with E-state index in [1.54, 1.807) is 0 Å². The number of hydrogen-bond acceptors (Lipinski definition) is 3. The Morgan fingerprint density at radius 2 is 2.14 bits per heavy atom. The molecule has 5 heteroatoms. The van der Waals surface area contributed by atoms with Crippen LogP contribution in [-0.2, 0) is 22.5 Å². The number of hydrogen-bond donors (Lipinski definition) is 0. The molecule has 5 nitrogen and oxygen atoms in total. The van der Waals surface area contributed by atoms with E-state index in [0.717, 1.165) is 18.7 Å². The molecular formula is C17H29N3O2. The van der Waals surface area contributed by atoms with Crippen molar-refractivity contribution in [3.05, 3.63) is 17.0 Å². The Hall–Kier alpha value is -1.36. The van der Waals surface area contributed by atoms with E-state index in [4.69, 9.17) is 4.74 Å². The predicted molar refractivity (Wildman–Crippen MR) is 86.9 cm³/mol. The molecule has 1 atom stereocenters. The van der Waals surface area contributed by atoms with Crippen molar-refractivity contribution in [1.29, 1.82) is 0 Å². The van der Waals surface area contributed by atoms with E-state index < -0.39 is 0 Å². The highest BCUT2D eigenvalue weighted by Crippen LogP contribution is 2.17. The molecule has 1 aromatic rings. The van der Waals surface area contributed by atoms with Gasteiger partial charge in [-0.3, -0.25) is 9.48 Å². The van der Waals surface area contributed by atoms with Crippen molar-refractivity contribution in [3.63, 3.8) is 0 Å². The Bertz CT molecular complexity index is 522. The van der Waals surface area contributed by atoms with E-state index in [2.05, 4.69) is 30.6 Å². The number of aryl methyl sites for hydroxylation is 1. The minimum atomic E-state index is 0.148. The van der Waals surface area contributed by atoms with Gasteiger partial charge in [-0.1, -0.05) is 13.8 Å². The lowest BCUT2D eigenvalue weighted by molar-refractivity contribution is -0.138. The average molecular weight is 307 g/mol. The first-order chi connectivity index (χ1) is 10.4. The summed E-state index contributed by atoms with van der Waals surface area (Å²) < 4.78 is 7.57. The number of morpholine rings is 1. The van der Waals surface area contributed by atoms with Gasteiger partial charge >= 0.3 is 0 Å². The molecule has 0 bridgehead atoms. The summed E-state index contributed by atoms with van der Waals surface area (Å²) in [5, 5.41) is 4.62. The molecule has 1 fully saturated rings. The van der Waals surface area contributed by atoms with Gasteiger partial charge in [0.1, 0.15) is 0 Å². The second-order valence-electron chi connectivity index (χ2n) is 6.75. The molecule has 1 aromatic heterocycles. The molecule has 1 unspecified atom stereocenters. The van der Waals surface area contributed by atoms with Gasteiger partial charge in [0.2, 0.25) is 5.91 Å². The zero-order valence-electron chi connectivity index (χ0n) is 14.6. The molecule has 22 heavy (non-hydrogen) atoms. The number of nitrogens with zero attached hydrogens (tertiary/aromatic N) is 3. The molecule has 0 aromatic carbocycles. The van der Waals surface area contributed by atoms with Crippen molar-refractivity contribution in [2.24, 2.45) is 5.92 Å². The first-order valence-corrected chi connectivity index (χ1v) is 8.30. The third-order valence-electron chi connectivity index (χ3n) is 4.25. The fraction of sp³-hybridized carbons (Fsp3) is 0.765. The summed E-state index contributed by atoms with van der Waals surface area (Å²) in [6, 6.07) is 0. The Balaban J connectivity index is 1.96. The number of rotatable bonds is 5. The largest absolute Gasteiger partial charge is 0.375 e. The minimum Gasteiger partial charge on any atom is -0.375 e. The van der Waals surface area contributed by atoms with Crippen molar-refractivity contribution in [3.8, 4) is 0 Å². The molecule has 1 aliphatic rings. The van der Waals surface area contributed by atoms with E-state index >= 15 is 0 Å². The molecule has 2 rings (SSSR count). The van der Waals surface area contributed by atoms with Gasteiger partial charge in [0.15, 0.2) is 0 Å². The van der Waals surface area contributed by atoms with Crippen LogP contribution in [0.4, 0.5) is 0 Å². The van der Waals surface area contributed by atoms with Crippen LogP contribution < -0.4 is 0 Å². The highest BCUT2D eigenvalue weighted by molar-refractivity contribution is 5.76. The van der Waals surface area contributed by atoms with Crippen LogP contribution in [0.15, 0.2) is 0 Å². The van der Waals surface area contributed by atoms with Crippen LogP contribution in [0.25, 0.3) is 0 Å². The first-order valence-electron chi connectivity index (χ1n) is 8.30. The van der Waals surface area contributed by atoms with E-state index in [-0.39, 0.29) is 12.0 Å². The predicted octanol–water partition coefficient (Wildman–Crippen LogP) is 2.34. The number of ether oxygens (including phenoxy) is 1. The van der Waals surface area contributed by atoms with E-state index in [1.165, 1.54) is 11.3 Å². The van der Waals surface area contributed by atoms with Crippen LogP contribution in [0, 0.1) is 19.8 Å². The lowest BCUT2D eigenvalue weighted by atomic mass is 10.1. The number of aromatic nitrogens is 2. The highest BCUT2D eigenvalue weighted by atomic mass is 16.5. The maximum absolute atomic E-state index is 12.4. The zero-order valence-corrected chi connectivity index (χ0v) is 14.6. The first kappa shape index (κ1) is 17.0. The fourth-order valence-electron chi connectivity index (χ4n) is 3.05. The maximum atomic E-state index is 12.4. The second kappa shape index (κ2) is 7.27.